The fourth-order valence-corrected chi connectivity index (χ4v) is 0.307. The van der Waals surface area contributed by atoms with E-state index in [0.29, 0.717) is 25.0 Å². The minimum atomic E-state index is 0.415. The fourth-order valence-electron chi connectivity index (χ4n) is 0.181. The molecule has 0 aliphatic heterocycles. The summed E-state index contributed by atoms with van der Waals surface area (Å²) in [6.07, 6.45) is 0. The first-order valence-electron chi connectivity index (χ1n) is 2.28. The third-order valence-corrected chi connectivity index (χ3v) is 0.713. The van der Waals surface area contributed by atoms with Crippen LogP contribution in [-0.4, -0.2) is 25.0 Å². The first kappa shape index (κ1) is 8.50. The molecule has 0 bridgehead atoms. The standard InChI is InChI=1S/C4H8Cl2O2/c5-1-3-7-8-4-2-6/h1-4H2. The van der Waals surface area contributed by atoms with Gasteiger partial charge in [0.05, 0.1) is 13.2 Å². The zero-order chi connectivity index (χ0) is 6.24. The van der Waals surface area contributed by atoms with Crippen molar-refractivity contribution in [2.45, 2.75) is 0 Å². The largest absolute Gasteiger partial charge is 0.235 e. The van der Waals surface area contributed by atoms with Gasteiger partial charge in [-0.2, -0.15) is 0 Å². The Kier molecular flexibility index (Phi) is 7.97. The van der Waals surface area contributed by atoms with Crippen molar-refractivity contribution < 1.29 is 9.78 Å². The molecule has 0 saturated carbocycles. The van der Waals surface area contributed by atoms with Gasteiger partial charge in [0.1, 0.15) is 0 Å². The molecule has 0 N–H and O–H groups in total. The molecule has 4 heteroatoms. The maximum absolute atomic E-state index is 5.24. The first-order chi connectivity index (χ1) is 3.91. The van der Waals surface area contributed by atoms with E-state index in [-0.39, 0.29) is 0 Å². The predicted octanol–water partition coefficient (Wildman–Crippen LogP) is 1.41. The van der Waals surface area contributed by atoms with Crippen LogP contribution in [0.15, 0.2) is 0 Å². The van der Waals surface area contributed by atoms with Crippen molar-refractivity contribution in [2.75, 3.05) is 25.0 Å². The summed E-state index contributed by atoms with van der Waals surface area (Å²) in [4.78, 5) is 9.01. The SMILES string of the molecule is ClCCOOCCCl. The molecule has 0 atom stereocenters. The van der Waals surface area contributed by atoms with Gasteiger partial charge in [0.2, 0.25) is 0 Å². The van der Waals surface area contributed by atoms with Crippen LogP contribution < -0.4 is 0 Å². The van der Waals surface area contributed by atoms with Gasteiger partial charge in [-0.3, -0.25) is 0 Å². The van der Waals surface area contributed by atoms with Crippen molar-refractivity contribution in [1.29, 1.82) is 0 Å². The van der Waals surface area contributed by atoms with Gasteiger partial charge in [-0.1, -0.05) is 0 Å². The summed E-state index contributed by atoms with van der Waals surface area (Å²) in [5.74, 6) is 0.893. The monoisotopic (exact) mass is 158 g/mol. The summed E-state index contributed by atoms with van der Waals surface area (Å²) in [6, 6.07) is 0. The molecule has 0 aromatic heterocycles. The van der Waals surface area contributed by atoms with Gasteiger partial charge in [-0.25, -0.2) is 9.78 Å². The van der Waals surface area contributed by atoms with Crippen LogP contribution in [0.5, 0.6) is 0 Å². The maximum Gasteiger partial charge on any atom is 0.0957 e. The zero-order valence-electron chi connectivity index (χ0n) is 4.40. The molecule has 0 aliphatic rings. The van der Waals surface area contributed by atoms with Crippen molar-refractivity contribution >= 4 is 23.2 Å². The number of halogens is 2. The van der Waals surface area contributed by atoms with Gasteiger partial charge in [0.15, 0.2) is 0 Å². The molecular weight excluding hydrogens is 151 g/mol. The Balaban J connectivity index is 2.53. The van der Waals surface area contributed by atoms with Crippen LogP contribution in [0, 0.1) is 0 Å². The first-order valence-corrected chi connectivity index (χ1v) is 3.35. The summed E-state index contributed by atoms with van der Waals surface area (Å²) < 4.78 is 0. The number of alkyl halides is 2. The van der Waals surface area contributed by atoms with E-state index in [9.17, 15) is 0 Å². The molecular formula is C4H8Cl2O2. The molecule has 0 aromatic rings. The number of hydrogen-bond donors (Lipinski definition) is 0. The van der Waals surface area contributed by atoms with Crippen molar-refractivity contribution in [3.8, 4) is 0 Å². The van der Waals surface area contributed by atoms with E-state index < -0.39 is 0 Å². The van der Waals surface area contributed by atoms with Crippen LogP contribution in [0.2, 0.25) is 0 Å². The highest BCUT2D eigenvalue weighted by Crippen LogP contribution is 1.82. The van der Waals surface area contributed by atoms with Gasteiger partial charge in [-0.15, -0.1) is 23.2 Å². The van der Waals surface area contributed by atoms with E-state index in [0.717, 1.165) is 0 Å². The van der Waals surface area contributed by atoms with Gasteiger partial charge < -0.3 is 0 Å². The van der Waals surface area contributed by atoms with Crippen LogP contribution >= 0.6 is 23.2 Å². The Morgan fingerprint density at radius 1 is 0.875 bits per heavy atom. The smallest absolute Gasteiger partial charge is 0.0957 e. The quantitative estimate of drug-likeness (QED) is 0.261. The molecule has 2 nitrogen and oxygen atoms in total. The van der Waals surface area contributed by atoms with E-state index in [1.165, 1.54) is 0 Å². The zero-order valence-corrected chi connectivity index (χ0v) is 5.91. The molecule has 0 fully saturated rings. The predicted molar refractivity (Wildman–Crippen MR) is 33.3 cm³/mol. The summed E-state index contributed by atoms with van der Waals surface area (Å²) in [5, 5.41) is 0. The Bertz CT molecular complexity index is 37.0. The van der Waals surface area contributed by atoms with E-state index >= 15 is 0 Å². The normalized spacial score (nSPS) is 9.75. The summed E-state index contributed by atoms with van der Waals surface area (Å²) in [7, 11) is 0. The molecule has 0 heterocycles. The number of hydrogen-bond acceptors (Lipinski definition) is 2. The highest BCUT2D eigenvalue weighted by Gasteiger charge is 1.83. The Hall–Kier alpha value is 0.500. The minimum Gasteiger partial charge on any atom is -0.235 e. The molecule has 0 spiro atoms. The van der Waals surface area contributed by atoms with Gasteiger partial charge in [-0.05, 0) is 0 Å². The topological polar surface area (TPSA) is 18.5 Å². The maximum atomic E-state index is 5.24. The summed E-state index contributed by atoms with van der Waals surface area (Å²) >= 11 is 10.5. The molecule has 0 saturated heterocycles. The van der Waals surface area contributed by atoms with E-state index in [1.807, 2.05) is 0 Å². The highest BCUT2D eigenvalue weighted by molar-refractivity contribution is 6.18. The molecule has 0 radical (unpaired) electrons. The van der Waals surface area contributed by atoms with E-state index in [1.54, 1.807) is 0 Å². The van der Waals surface area contributed by atoms with Gasteiger partial charge in [0, 0.05) is 11.8 Å². The lowest BCUT2D eigenvalue weighted by Crippen LogP contribution is -1.99. The molecule has 0 unspecified atom stereocenters. The fraction of sp³-hybridized carbons (Fsp3) is 1.00. The van der Waals surface area contributed by atoms with E-state index in [2.05, 4.69) is 9.78 Å². The van der Waals surface area contributed by atoms with Crippen LogP contribution in [0.25, 0.3) is 0 Å². The van der Waals surface area contributed by atoms with Gasteiger partial charge in [0.25, 0.3) is 0 Å². The average Bonchev–Trinajstić information content (AvgIpc) is 1.81. The molecule has 0 amide bonds. The van der Waals surface area contributed by atoms with Crippen molar-refractivity contribution in [2.24, 2.45) is 0 Å². The number of rotatable bonds is 5. The molecule has 0 aromatic carbocycles. The molecule has 0 rings (SSSR count). The van der Waals surface area contributed by atoms with E-state index in [4.69, 9.17) is 23.2 Å². The Labute approximate surface area is 58.6 Å². The van der Waals surface area contributed by atoms with Crippen LogP contribution in [-0.2, 0) is 9.78 Å². The average molecular weight is 159 g/mol. The van der Waals surface area contributed by atoms with Crippen LogP contribution in [0.4, 0.5) is 0 Å². The summed E-state index contributed by atoms with van der Waals surface area (Å²) in [6.45, 7) is 0.830. The second kappa shape index (κ2) is 7.50. The highest BCUT2D eigenvalue weighted by atomic mass is 35.5. The lowest BCUT2D eigenvalue weighted by Gasteiger charge is -1.96. The molecule has 50 valence electrons. The van der Waals surface area contributed by atoms with Crippen LogP contribution in [0.3, 0.4) is 0 Å². The second-order valence-electron chi connectivity index (χ2n) is 1.02. The van der Waals surface area contributed by atoms with Crippen LogP contribution in [0.1, 0.15) is 0 Å². The third kappa shape index (κ3) is 6.50. The van der Waals surface area contributed by atoms with Crippen molar-refractivity contribution in [1.82, 2.24) is 0 Å². The second-order valence-corrected chi connectivity index (χ2v) is 1.78. The Morgan fingerprint density at radius 3 is 1.50 bits per heavy atom. The Morgan fingerprint density at radius 2 is 1.25 bits per heavy atom. The third-order valence-electron chi connectivity index (χ3n) is 0.404. The molecule has 8 heavy (non-hydrogen) atoms. The van der Waals surface area contributed by atoms with Crippen molar-refractivity contribution in [3.63, 3.8) is 0 Å². The molecule has 0 aliphatic carbocycles. The minimum absolute atomic E-state index is 0.415. The lowest BCUT2D eigenvalue weighted by atomic mass is 10.9. The van der Waals surface area contributed by atoms with Crippen molar-refractivity contribution in [3.05, 3.63) is 0 Å². The van der Waals surface area contributed by atoms with Gasteiger partial charge >= 0.3 is 0 Å². The lowest BCUT2D eigenvalue weighted by molar-refractivity contribution is -0.286. The summed E-state index contributed by atoms with van der Waals surface area (Å²) in [5.41, 5.74) is 0.